The van der Waals surface area contributed by atoms with E-state index in [1.807, 2.05) is 34.9 Å². The van der Waals surface area contributed by atoms with Gasteiger partial charge < -0.3 is 4.57 Å². The molecule has 0 bridgehead atoms. The van der Waals surface area contributed by atoms with Gasteiger partial charge in [-0.2, -0.15) is 5.10 Å². The largest absolute Gasteiger partial charge is 0.318 e. The Morgan fingerprint density at radius 2 is 1.73 bits per heavy atom. The van der Waals surface area contributed by atoms with Crippen LogP contribution in [0.2, 0.25) is 0 Å². The third kappa shape index (κ3) is 5.08. The van der Waals surface area contributed by atoms with E-state index in [0.29, 0.717) is 0 Å². The van der Waals surface area contributed by atoms with Crippen LogP contribution in [0.3, 0.4) is 0 Å². The number of rotatable bonds is 7. The van der Waals surface area contributed by atoms with Crippen LogP contribution in [0.1, 0.15) is 62.0 Å². The van der Waals surface area contributed by atoms with Crippen LogP contribution < -0.4 is 0 Å². The zero-order chi connectivity index (χ0) is 27.6. The van der Waals surface area contributed by atoms with Gasteiger partial charge in [-0.1, -0.05) is 49.7 Å². The van der Waals surface area contributed by atoms with E-state index in [1.54, 1.807) is 29.3 Å². The van der Waals surface area contributed by atoms with Crippen LogP contribution in [0.4, 0.5) is 8.78 Å². The number of carbonyl (C=O) groups is 1. The van der Waals surface area contributed by atoms with Crippen molar-refractivity contribution in [2.24, 2.45) is 11.0 Å². The average molecular weight is 539 g/mol. The Morgan fingerprint density at radius 1 is 1.00 bits per heavy atom. The van der Waals surface area contributed by atoms with Crippen molar-refractivity contribution in [2.45, 2.75) is 58.0 Å². The van der Waals surface area contributed by atoms with E-state index in [4.69, 9.17) is 10.1 Å². The van der Waals surface area contributed by atoms with E-state index in [9.17, 15) is 13.6 Å². The highest BCUT2D eigenvalue weighted by atomic mass is 19.1. The molecule has 1 saturated carbocycles. The number of nitrogens with zero attached hydrogens (tertiary/aromatic N) is 4. The topological polar surface area (TPSA) is 50.5 Å². The van der Waals surface area contributed by atoms with E-state index in [0.717, 1.165) is 77.8 Å². The van der Waals surface area contributed by atoms with Crippen LogP contribution in [0, 0.1) is 17.6 Å². The van der Waals surface area contributed by atoms with Crippen LogP contribution >= 0.6 is 0 Å². The molecule has 5 nitrogen and oxygen atoms in total. The Hall–Kier alpha value is -4.13. The number of amides is 1. The van der Waals surface area contributed by atoms with Gasteiger partial charge in [0.15, 0.2) is 0 Å². The summed E-state index contributed by atoms with van der Waals surface area (Å²) in [7, 11) is 0. The van der Waals surface area contributed by atoms with Crippen molar-refractivity contribution >= 4 is 28.7 Å². The van der Waals surface area contributed by atoms with Crippen LogP contribution in [0.15, 0.2) is 83.5 Å². The van der Waals surface area contributed by atoms with Crippen LogP contribution in [0.25, 0.3) is 17.1 Å². The van der Waals surface area contributed by atoms with Crippen molar-refractivity contribution in [1.82, 2.24) is 14.6 Å². The molecule has 3 aromatic carbocycles. The summed E-state index contributed by atoms with van der Waals surface area (Å²) < 4.78 is 29.4. The molecule has 2 aliphatic rings. The predicted molar refractivity (Wildman–Crippen MR) is 153 cm³/mol. The summed E-state index contributed by atoms with van der Waals surface area (Å²) in [5.74, 6) is 0.176. The molecule has 204 valence electrons. The molecule has 7 heteroatoms. The Bertz CT molecular complexity index is 1590. The van der Waals surface area contributed by atoms with Gasteiger partial charge in [-0.05, 0) is 84.9 Å². The zero-order valence-corrected chi connectivity index (χ0v) is 22.6. The van der Waals surface area contributed by atoms with Crippen molar-refractivity contribution in [3.63, 3.8) is 0 Å². The molecule has 2 atom stereocenters. The van der Waals surface area contributed by atoms with Gasteiger partial charge in [-0.25, -0.2) is 18.8 Å². The van der Waals surface area contributed by atoms with Gasteiger partial charge in [0.05, 0.1) is 22.8 Å². The fourth-order valence-electron chi connectivity index (χ4n) is 6.00. The minimum atomic E-state index is -0.325. The quantitative estimate of drug-likeness (QED) is 0.245. The van der Waals surface area contributed by atoms with Crippen molar-refractivity contribution in [1.29, 1.82) is 0 Å². The van der Waals surface area contributed by atoms with Crippen LogP contribution in [-0.4, -0.2) is 26.2 Å². The number of carbonyl (C=O) groups excluding carboxylic acids is 1. The van der Waals surface area contributed by atoms with Gasteiger partial charge in [0.25, 0.3) is 5.91 Å². The van der Waals surface area contributed by atoms with Crippen molar-refractivity contribution in [2.75, 3.05) is 0 Å². The van der Waals surface area contributed by atoms with E-state index in [1.165, 1.54) is 24.3 Å². The summed E-state index contributed by atoms with van der Waals surface area (Å²) >= 11 is 0. The first-order valence-electron chi connectivity index (χ1n) is 14.1. The molecule has 2 heterocycles. The molecule has 1 aliphatic heterocycles. The third-order valence-electron chi connectivity index (χ3n) is 7.96. The highest BCUT2D eigenvalue weighted by Gasteiger charge is 2.43. The maximum Gasteiger partial charge on any atom is 0.263 e. The maximum absolute atomic E-state index is 14.1. The zero-order valence-electron chi connectivity index (χ0n) is 22.6. The Labute approximate surface area is 232 Å². The fourth-order valence-corrected chi connectivity index (χ4v) is 6.00. The van der Waals surface area contributed by atoms with Gasteiger partial charge in [0.2, 0.25) is 0 Å². The molecule has 2 unspecified atom stereocenters. The number of hydrogen-bond donors (Lipinski definition) is 0. The number of fused-ring (bicyclic) bond motifs is 2. The molecule has 0 N–H and O–H groups in total. The summed E-state index contributed by atoms with van der Waals surface area (Å²) in [6.45, 7) is 2.27. The fraction of sp³-hybridized carbons (Fsp3) is 0.303. The molecular formula is C33H32F2N4O. The lowest BCUT2D eigenvalue weighted by Gasteiger charge is -2.30. The highest BCUT2D eigenvalue weighted by Crippen LogP contribution is 2.44. The number of hydrazone groups is 1. The lowest BCUT2D eigenvalue weighted by Crippen LogP contribution is -2.34. The first-order chi connectivity index (χ1) is 19.5. The van der Waals surface area contributed by atoms with Gasteiger partial charge in [-0.15, -0.1) is 0 Å². The maximum atomic E-state index is 14.1. The molecule has 40 heavy (non-hydrogen) atoms. The lowest BCUT2D eigenvalue weighted by molar-refractivity contribution is -0.134. The minimum Gasteiger partial charge on any atom is -0.318 e. The molecule has 6 rings (SSSR count). The van der Waals surface area contributed by atoms with E-state index < -0.39 is 0 Å². The summed E-state index contributed by atoms with van der Waals surface area (Å²) in [5.41, 5.74) is 5.52. The average Bonchev–Trinajstić information content (AvgIpc) is 3.53. The van der Waals surface area contributed by atoms with Gasteiger partial charge in [0, 0.05) is 12.3 Å². The first kappa shape index (κ1) is 26.1. The number of unbranched alkanes of at least 4 members (excludes halogenated alkanes) is 1. The number of imidazole rings is 1. The van der Waals surface area contributed by atoms with E-state index >= 15 is 0 Å². The number of aryl methyl sites for hydroxylation is 1. The minimum absolute atomic E-state index is 0.00560. The lowest BCUT2D eigenvalue weighted by atomic mass is 9.77. The Morgan fingerprint density at radius 3 is 2.48 bits per heavy atom. The smallest absolute Gasteiger partial charge is 0.263 e. The number of halogens is 2. The molecule has 0 radical (unpaired) electrons. The third-order valence-corrected chi connectivity index (χ3v) is 7.96. The Kier molecular flexibility index (Phi) is 7.29. The second-order valence-electron chi connectivity index (χ2n) is 10.6. The molecule has 1 amide bonds. The normalized spacial score (nSPS) is 19.7. The van der Waals surface area contributed by atoms with E-state index in [-0.39, 0.29) is 36.0 Å². The Balaban J connectivity index is 1.39. The molecule has 0 saturated heterocycles. The summed E-state index contributed by atoms with van der Waals surface area (Å²) in [5, 5.41) is 6.59. The number of aromatic nitrogens is 2. The summed E-state index contributed by atoms with van der Waals surface area (Å²) in [6, 6.07) is 20.4. The van der Waals surface area contributed by atoms with Crippen LogP contribution in [-0.2, 0) is 17.8 Å². The standard InChI is InChI=1S/C33H32F2N4O/c1-2-3-11-30-36-28-9-4-5-10-29(28)38(30)21-31(40)39-33(23-14-18-26(35)19-15-23)27-8-6-7-24(32(27)37-39)20-22-12-16-25(34)17-13-22/h4-5,9-10,12-20,27,33H,2-3,6-8,11,21H2,1H3/b24-20-. The number of benzene rings is 3. The number of allylic oxidation sites excluding steroid dienone is 1. The molecule has 1 fully saturated rings. The second kappa shape index (κ2) is 11.2. The van der Waals surface area contributed by atoms with Crippen LogP contribution in [0.5, 0.6) is 0 Å². The molecule has 1 aliphatic carbocycles. The van der Waals surface area contributed by atoms with Gasteiger partial charge in [-0.3, -0.25) is 4.79 Å². The first-order valence-corrected chi connectivity index (χ1v) is 14.1. The SMILES string of the molecule is CCCCc1nc2ccccc2n1CC(=O)N1N=C2/C(=C\c3ccc(F)cc3)CCCC2C1c1ccc(F)cc1. The summed E-state index contributed by atoms with van der Waals surface area (Å²) in [6.07, 6.45) is 7.52. The van der Waals surface area contributed by atoms with Gasteiger partial charge >= 0.3 is 0 Å². The van der Waals surface area contributed by atoms with Crippen molar-refractivity contribution in [3.8, 4) is 0 Å². The second-order valence-corrected chi connectivity index (χ2v) is 10.6. The van der Waals surface area contributed by atoms with Gasteiger partial charge in [0.1, 0.15) is 24.0 Å². The molecule has 4 aromatic rings. The highest BCUT2D eigenvalue weighted by molar-refractivity contribution is 6.08. The predicted octanol–water partition coefficient (Wildman–Crippen LogP) is 7.48. The number of para-hydroxylation sites is 2. The van der Waals surface area contributed by atoms with E-state index in [2.05, 4.69) is 6.92 Å². The molecule has 0 spiro atoms. The molecule has 1 aromatic heterocycles. The van der Waals surface area contributed by atoms with Crippen molar-refractivity contribution in [3.05, 3.63) is 107 Å². The van der Waals surface area contributed by atoms with Crippen molar-refractivity contribution < 1.29 is 13.6 Å². The monoisotopic (exact) mass is 538 g/mol. The summed E-state index contributed by atoms with van der Waals surface area (Å²) in [4.78, 5) is 18.9. The number of hydrogen-bond acceptors (Lipinski definition) is 3. The molecular weight excluding hydrogens is 506 g/mol.